The van der Waals surface area contributed by atoms with E-state index in [2.05, 4.69) is 56.8 Å². The minimum atomic E-state index is 0.566. The highest BCUT2D eigenvalue weighted by Gasteiger charge is 2.20. The van der Waals surface area contributed by atoms with Crippen molar-refractivity contribution in [1.29, 1.82) is 0 Å². The molecule has 2 aromatic rings. The highest BCUT2D eigenvalue weighted by atomic mass is 15.5. The molecule has 0 radical (unpaired) electrons. The average molecular weight is 286 g/mol. The Bertz CT molecular complexity index is 540. The monoisotopic (exact) mass is 286 g/mol. The fourth-order valence-corrected chi connectivity index (χ4v) is 2.80. The lowest BCUT2D eigenvalue weighted by Crippen LogP contribution is -2.42. The van der Waals surface area contributed by atoms with Crippen molar-refractivity contribution in [2.45, 2.75) is 38.8 Å². The topological polar surface area (TPSA) is 69.7 Å². The number of aromatic nitrogens is 4. The maximum Gasteiger partial charge on any atom is 0.204 e. The molecule has 2 heterocycles. The minimum Gasteiger partial charge on any atom is -0.382 e. The van der Waals surface area contributed by atoms with Crippen LogP contribution in [-0.4, -0.2) is 50.7 Å². The number of hydrogen-bond donors (Lipinski definition) is 2. The number of likely N-dealkylation sites (tertiary alicyclic amines) is 1. The predicted octanol–water partition coefficient (Wildman–Crippen LogP) is 2.15. The Hall–Kier alpha value is -1.95. The van der Waals surface area contributed by atoms with Gasteiger partial charge in [0.15, 0.2) is 0 Å². The van der Waals surface area contributed by atoms with Crippen LogP contribution in [0.5, 0.6) is 0 Å². The first-order valence-corrected chi connectivity index (χ1v) is 7.57. The van der Waals surface area contributed by atoms with Crippen LogP contribution in [-0.2, 0) is 0 Å². The molecule has 0 atom stereocenters. The third kappa shape index (κ3) is 3.39. The fraction of sp³-hybridized carbons (Fsp3) is 0.533. The van der Waals surface area contributed by atoms with Gasteiger partial charge in [-0.05, 0) is 56.2 Å². The summed E-state index contributed by atoms with van der Waals surface area (Å²) < 4.78 is 0. The van der Waals surface area contributed by atoms with Crippen molar-refractivity contribution in [1.82, 2.24) is 25.5 Å². The molecule has 1 aliphatic heterocycles. The lowest BCUT2D eigenvalue weighted by molar-refractivity contribution is 0.177. The molecule has 1 saturated heterocycles. The van der Waals surface area contributed by atoms with Crippen LogP contribution >= 0.6 is 0 Å². The van der Waals surface area contributed by atoms with Gasteiger partial charge in [-0.15, -0.1) is 10.2 Å². The van der Waals surface area contributed by atoms with Gasteiger partial charge >= 0.3 is 0 Å². The summed E-state index contributed by atoms with van der Waals surface area (Å²) in [7, 11) is 0. The first-order valence-electron chi connectivity index (χ1n) is 7.57. The molecule has 0 aliphatic carbocycles. The van der Waals surface area contributed by atoms with Crippen molar-refractivity contribution in [3.8, 4) is 11.4 Å². The van der Waals surface area contributed by atoms with Crippen LogP contribution in [0.4, 0.5) is 5.69 Å². The van der Waals surface area contributed by atoms with Gasteiger partial charge in [-0.25, -0.2) is 0 Å². The van der Waals surface area contributed by atoms with E-state index in [0.717, 1.165) is 11.3 Å². The molecular weight excluding hydrogens is 264 g/mol. The summed E-state index contributed by atoms with van der Waals surface area (Å²) in [6.07, 6.45) is 2.40. The van der Waals surface area contributed by atoms with E-state index >= 15 is 0 Å². The van der Waals surface area contributed by atoms with E-state index in [1.165, 1.54) is 25.9 Å². The molecule has 0 saturated carbocycles. The Kier molecular flexibility index (Phi) is 4.15. The van der Waals surface area contributed by atoms with Crippen molar-refractivity contribution in [2.75, 3.05) is 18.4 Å². The van der Waals surface area contributed by atoms with Gasteiger partial charge in [-0.1, -0.05) is 0 Å². The van der Waals surface area contributed by atoms with Crippen LogP contribution in [0.1, 0.15) is 26.7 Å². The maximum absolute atomic E-state index is 3.98. The van der Waals surface area contributed by atoms with Crippen molar-refractivity contribution >= 4 is 5.69 Å². The van der Waals surface area contributed by atoms with Crippen molar-refractivity contribution in [3.63, 3.8) is 0 Å². The van der Waals surface area contributed by atoms with Crippen molar-refractivity contribution in [3.05, 3.63) is 24.3 Å². The van der Waals surface area contributed by atoms with Gasteiger partial charge in [0.2, 0.25) is 5.82 Å². The molecule has 6 heteroatoms. The molecule has 0 spiro atoms. The van der Waals surface area contributed by atoms with Crippen LogP contribution in [0, 0.1) is 0 Å². The Morgan fingerprint density at radius 1 is 1.19 bits per heavy atom. The van der Waals surface area contributed by atoms with Gasteiger partial charge in [0.1, 0.15) is 0 Å². The van der Waals surface area contributed by atoms with Gasteiger partial charge in [0.25, 0.3) is 0 Å². The van der Waals surface area contributed by atoms with E-state index in [0.29, 0.717) is 17.9 Å². The number of piperidine rings is 1. The number of anilines is 1. The summed E-state index contributed by atoms with van der Waals surface area (Å²) in [6, 6.07) is 9.43. The van der Waals surface area contributed by atoms with E-state index < -0.39 is 0 Å². The molecular formula is C15H22N6. The zero-order valence-corrected chi connectivity index (χ0v) is 12.6. The number of tetrazole rings is 1. The summed E-state index contributed by atoms with van der Waals surface area (Å²) in [5.74, 6) is 0.631. The van der Waals surface area contributed by atoms with Crippen molar-refractivity contribution in [2.24, 2.45) is 0 Å². The van der Waals surface area contributed by atoms with E-state index in [4.69, 9.17) is 0 Å². The molecule has 2 N–H and O–H groups in total. The summed E-state index contributed by atoms with van der Waals surface area (Å²) in [6.45, 7) is 6.89. The molecule has 1 aromatic heterocycles. The highest BCUT2D eigenvalue weighted by molar-refractivity contribution is 5.59. The SMILES string of the molecule is CC(C)N1CCC(Nc2ccc(-c3nn[nH]n3)cc2)CC1. The molecule has 6 nitrogen and oxygen atoms in total. The van der Waals surface area contributed by atoms with E-state index in [1.54, 1.807) is 0 Å². The Balaban J connectivity index is 1.57. The summed E-state index contributed by atoms with van der Waals surface area (Å²) in [4.78, 5) is 2.54. The highest BCUT2D eigenvalue weighted by Crippen LogP contribution is 2.20. The van der Waals surface area contributed by atoms with Gasteiger partial charge in [-0.3, -0.25) is 0 Å². The number of H-pyrrole nitrogens is 1. The smallest absolute Gasteiger partial charge is 0.204 e. The van der Waals surface area contributed by atoms with Crippen LogP contribution in [0.3, 0.4) is 0 Å². The molecule has 3 rings (SSSR count). The van der Waals surface area contributed by atoms with E-state index in [1.807, 2.05) is 12.1 Å². The van der Waals surface area contributed by atoms with Crippen LogP contribution in [0.25, 0.3) is 11.4 Å². The molecule has 0 amide bonds. The largest absolute Gasteiger partial charge is 0.382 e. The second kappa shape index (κ2) is 6.22. The number of nitrogens with zero attached hydrogens (tertiary/aromatic N) is 4. The Morgan fingerprint density at radius 3 is 2.48 bits per heavy atom. The molecule has 1 aromatic carbocycles. The molecule has 1 aliphatic rings. The number of hydrogen-bond acceptors (Lipinski definition) is 5. The molecule has 0 bridgehead atoms. The quantitative estimate of drug-likeness (QED) is 0.901. The number of benzene rings is 1. The van der Waals surface area contributed by atoms with E-state index in [9.17, 15) is 0 Å². The predicted molar refractivity (Wildman–Crippen MR) is 83.0 cm³/mol. The van der Waals surface area contributed by atoms with Gasteiger partial charge in [0.05, 0.1) is 0 Å². The Morgan fingerprint density at radius 2 is 1.90 bits per heavy atom. The summed E-state index contributed by atoms with van der Waals surface area (Å²) in [5, 5.41) is 17.6. The molecule has 0 unspecified atom stereocenters. The number of aromatic amines is 1. The molecule has 21 heavy (non-hydrogen) atoms. The zero-order valence-electron chi connectivity index (χ0n) is 12.6. The van der Waals surface area contributed by atoms with Crippen LogP contribution in [0.2, 0.25) is 0 Å². The van der Waals surface area contributed by atoms with E-state index in [-0.39, 0.29) is 0 Å². The first kappa shape index (κ1) is 14.0. The van der Waals surface area contributed by atoms with Gasteiger partial charge < -0.3 is 10.2 Å². The fourth-order valence-electron chi connectivity index (χ4n) is 2.80. The number of nitrogens with one attached hydrogen (secondary N) is 2. The Labute approximate surface area is 124 Å². The standard InChI is InChI=1S/C15H22N6/c1-11(2)21-9-7-14(8-10-21)16-13-5-3-12(4-6-13)15-17-19-20-18-15/h3-6,11,14,16H,7-10H2,1-2H3,(H,17,18,19,20). The minimum absolute atomic E-state index is 0.566. The lowest BCUT2D eigenvalue weighted by Gasteiger charge is -2.35. The summed E-state index contributed by atoms with van der Waals surface area (Å²) >= 11 is 0. The second-order valence-electron chi connectivity index (χ2n) is 5.86. The molecule has 112 valence electrons. The summed E-state index contributed by atoms with van der Waals surface area (Å²) in [5.41, 5.74) is 2.13. The maximum atomic E-state index is 3.98. The normalized spacial score (nSPS) is 17.3. The zero-order chi connectivity index (χ0) is 14.7. The first-order chi connectivity index (χ1) is 10.2. The van der Waals surface area contributed by atoms with Gasteiger partial charge in [-0.2, -0.15) is 5.21 Å². The van der Waals surface area contributed by atoms with Gasteiger partial charge in [0, 0.05) is 36.4 Å². The van der Waals surface area contributed by atoms with Crippen LogP contribution in [0.15, 0.2) is 24.3 Å². The second-order valence-corrected chi connectivity index (χ2v) is 5.86. The number of rotatable bonds is 4. The molecule has 1 fully saturated rings. The average Bonchev–Trinajstić information content (AvgIpc) is 3.03. The third-order valence-electron chi connectivity index (χ3n) is 4.12. The lowest BCUT2D eigenvalue weighted by atomic mass is 10.0. The van der Waals surface area contributed by atoms with Crippen molar-refractivity contribution < 1.29 is 0 Å². The third-order valence-corrected chi connectivity index (χ3v) is 4.12. The van der Waals surface area contributed by atoms with Crippen LogP contribution < -0.4 is 5.32 Å².